The van der Waals surface area contributed by atoms with Crippen LogP contribution >= 0.6 is 0 Å². The van der Waals surface area contributed by atoms with Gasteiger partial charge < -0.3 is 5.32 Å². The quantitative estimate of drug-likeness (QED) is 0.851. The summed E-state index contributed by atoms with van der Waals surface area (Å²) < 4.78 is 0. The number of benzene rings is 1. The summed E-state index contributed by atoms with van der Waals surface area (Å²) in [6, 6.07) is 7.97. The van der Waals surface area contributed by atoms with Crippen LogP contribution in [-0.4, -0.2) is 12.6 Å². The largest absolute Gasteiger partial charge is 0.313 e. The molecule has 1 aromatic rings. The third-order valence-electron chi connectivity index (χ3n) is 5.66. The van der Waals surface area contributed by atoms with Crippen molar-refractivity contribution in [2.24, 2.45) is 17.3 Å². The first kappa shape index (κ1) is 12.9. The SMILES string of the molecule is Cc1cc(C)cc(CC2(CNC3CC3)CC3CC3C2)c1. The number of hydrogen-bond acceptors (Lipinski definition) is 1. The molecule has 108 valence electrons. The van der Waals surface area contributed by atoms with Gasteiger partial charge in [0.05, 0.1) is 0 Å². The Labute approximate surface area is 123 Å². The van der Waals surface area contributed by atoms with Crippen molar-refractivity contribution in [1.29, 1.82) is 0 Å². The van der Waals surface area contributed by atoms with Gasteiger partial charge in [0, 0.05) is 12.6 Å². The molecule has 0 saturated heterocycles. The molecule has 1 nitrogen and oxygen atoms in total. The lowest BCUT2D eigenvalue weighted by molar-refractivity contribution is 0.247. The molecule has 3 aliphatic carbocycles. The number of fused-ring (bicyclic) bond motifs is 1. The van der Waals surface area contributed by atoms with Crippen molar-refractivity contribution in [1.82, 2.24) is 5.32 Å². The first-order valence-corrected chi connectivity index (χ1v) is 8.42. The number of aryl methyl sites for hydroxylation is 2. The molecule has 2 unspecified atom stereocenters. The number of rotatable bonds is 5. The summed E-state index contributed by atoms with van der Waals surface area (Å²) in [4.78, 5) is 0. The maximum absolute atomic E-state index is 3.83. The summed E-state index contributed by atoms with van der Waals surface area (Å²) >= 11 is 0. The highest BCUT2D eigenvalue weighted by Crippen LogP contribution is 2.60. The number of nitrogens with one attached hydrogen (secondary N) is 1. The van der Waals surface area contributed by atoms with E-state index in [2.05, 4.69) is 37.4 Å². The van der Waals surface area contributed by atoms with Crippen molar-refractivity contribution in [3.05, 3.63) is 34.9 Å². The fourth-order valence-electron chi connectivity index (χ4n) is 4.61. The van der Waals surface area contributed by atoms with Crippen LogP contribution in [0, 0.1) is 31.1 Å². The van der Waals surface area contributed by atoms with E-state index < -0.39 is 0 Å². The molecule has 1 aromatic carbocycles. The third kappa shape index (κ3) is 2.65. The van der Waals surface area contributed by atoms with E-state index in [-0.39, 0.29) is 0 Å². The lowest BCUT2D eigenvalue weighted by Gasteiger charge is -2.32. The van der Waals surface area contributed by atoms with Crippen molar-refractivity contribution in [2.45, 2.75) is 58.4 Å². The topological polar surface area (TPSA) is 12.0 Å². The van der Waals surface area contributed by atoms with Gasteiger partial charge >= 0.3 is 0 Å². The second-order valence-electron chi connectivity index (χ2n) is 7.99. The van der Waals surface area contributed by atoms with Crippen LogP contribution in [0.5, 0.6) is 0 Å². The van der Waals surface area contributed by atoms with E-state index in [9.17, 15) is 0 Å². The first-order valence-electron chi connectivity index (χ1n) is 8.42. The minimum absolute atomic E-state index is 0.566. The highest BCUT2D eigenvalue weighted by atomic mass is 15.0. The van der Waals surface area contributed by atoms with Crippen molar-refractivity contribution < 1.29 is 0 Å². The summed E-state index contributed by atoms with van der Waals surface area (Å²) in [6.45, 7) is 5.73. The van der Waals surface area contributed by atoms with Gasteiger partial charge in [-0.1, -0.05) is 29.3 Å². The molecular weight excluding hydrogens is 242 g/mol. The van der Waals surface area contributed by atoms with Crippen LogP contribution in [0.4, 0.5) is 0 Å². The molecule has 0 aromatic heterocycles. The fourth-order valence-corrected chi connectivity index (χ4v) is 4.61. The molecule has 3 saturated carbocycles. The normalized spacial score (nSPS) is 35.1. The number of hydrogen-bond donors (Lipinski definition) is 1. The lowest BCUT2D eigenvalue weighted by atomic mass is 9.77. The Kier molecular flexibility index (Phi) is 2.96. The monoisotopic (exact) mass is 269 g/mol. The molecule has 1 N–H and O–H groups in total. The summed E-state index contributed by atoms with van der Waals surface area (Å²) in [7, 11) is 0. The molecule has 0 radical (unpaired) electrons. The summed E-state index contributed by atoms with van der Waals surface area (Å²) in [5, 5.41) is 3.83. The average molecular weight is 269 g/mol. The van der Waals surface area contributed by atoms with Gasteiger partial charge in [-0.25, -0.2) is 0 Å². The van der Waals surface area contributed by atoms with Gasteiger partial charge in [-0.2, -0.15) is 0 Å². The van der Waals surface area contributed by atoms with Crippen LogP contribution in [0.3, 0.4) is 0 Å². The highest BCUT2D eigenvalue weighted by Gasteiger charge is 2.53. The Bertz CT molecular complexity index is 484. The predicted molar refractivity (Wildman–Crippen MR) is 83.9 cm³/mol. The standard InChI is InChI=1S/C19H27N/c1-13-5-14(2)7-15(6-13)9-19(12-20-18-3-4-18)10-16-8-17(16)11-19/h5-7,16-18,20H,3-4,8-12H2,1-2H3. The fraction of sp³-hybridized carbons (Fsp3) is 0.684. The zero-order valence-electron chi connectivity index (χ0n) is 12.9. The second kappa shape index (κ2) is 4.59. The van der Waals surface area contributed by atoms with Crippen LogP contribution < -0.4 is 5.32 Å². The zero-order valence-corrected chi connectivity index (χ0v) is 12.9. The van der Waals surface area contributed by atoms with Crippen LogP contribution in [0.15, 0.2) is 18.2 Å². The molecule has 3 aliphatic rings. The van der Waals surface area contributed by atoms with Crippen molar-refractivity contribution in [3.8, 4) is 0 Å². The molecule has 0 aliphatic heterocycles. The van der Waals surface area contributed by atoms with E-state index in [1.54, 1.807) is 5.56 Å². The lowest BCUT2D eigenvalue weighted by Crippen LogP contribution is -2.36. The van der Waals surface area contributed by atoms with E-state index in [1.807, 2.05) is 0 Å². The molecule has 1 heteroatoms. The van der Waals surface area contributed by atoms with Crippen LogP contribution in [-0.2, 0) is 6.42 Å². The molecule has 0 bridgehead atoms. The Balaban J connectivity index is 1.51. The smallest absolute Gasteiger partial charge is 0.00684 e. The highest BCUT2D eigenvalue weighted by molar-refractivity contribution is 5.30. The molecule has 4 rings (SSSR count). The average Bonchev–Trinajstić information content (AvgIpc) is 3.26. The van der Waals surface area contributed by atoms with Crippen molar-refractivity contribution in [2.75, 3.05) is 6.54 Å². The minimum atomic E-state index is 0.566. The Hall–Kier alpha value is -0.820. The predicted octanol–water partition coefficient (Wildman–Crippen LogP) is 4.01. The molecule has 0 spiro atoms. The Morgan fingerprint density at radius 1 is 1.05 bits per heavy atom. The summed E-state index contributed by atoms with van der Waals surface area (Å²) in [5.41, 5.74) is 4.99. The zero-order chi connectivity index (χ0) is 13.7. The summed E-state index contributed by atoms with van der Waals surface area (Å²) in [5.74, 6) is 2.14. The van der Waals surface area contributed by atoms with Gasteiger partial charge in [0.2, 0.25) is 0 Å². The summed E-state index contributed by atoms with van der Waals surface area (Å²) in [6.07, 6.45) is 8.59. The van der Waals surface area contributed by atoms with E-state index in [0.717, 1.165) is 17.9 Å². The molecule has 20 heavy (non-hydrogen) atoms. The maximum atomic E-state index is 3.83. The van der Waals surface area contributed by atoms with E-state index >= 15 is 0 Å². The van der Waals surface area contributed by atoms with E-state index in [1.165, 1.54) is 56.2 Å². The van der Waals surface area contributed by atoms with Gasteiger partial charge in [-0.3, -0.25) is 0 Å². The Morgan fingerprint density at radius 3 is 2.30 bits per heavy atom. The maximum Gasteiger partial charge on any atom is 0.00684 e. The van der Waals surface area contributed by atoms with E-state index in [0.29, 0.717) is 5.41 Å². The van der Waals surface area contributed by atoms with Crippen LogP contribution in [0.1, 0.15) is 48.8 Å². The minimum Gasteiger partial charge on any atom is -0.313 e. The molecule has 0 amide bonds. The van der Waals surface area contributed by atoms with Gasteiger partial charge in [0.15, 0.2) is 0 Å². The van der Waals surface area contributed by atoms with Crippen LogP contribution in [0.25, 0.3) is 0 Å². The van der Waals surface area contributed by atoms with Crippen molar-refractivity contribution in [3.63, 3.8) is 0 Å². The van der Waals surface area contributed by atoms with Gasteiger partial charge in [0.25, 0.3) is 0 Å². The first-order chi connectivity index (χ1) is 9.62. The third-order valence-corrected chi connectivity index (χ3v) is 5.66. The van der Waals surface area contributed by atoms with Gasteiger partial charge in [-0.15, -0.1) is 0 Å². The van der Waals surface area contributed by atoms with Gasteiger partial charge in [-0.05, 0) is 75.2 Å². The second-order valence-corrected chi connectivity index (χ2v) is 7.99. The molecule has 3 fully saturated rings. The molecule has 0 heterocycles. The molecule has 2 atom stereocenters. The van der Waals surface area contributed by atoms with Crippen molar-refractivity contribution >= 4 is 0 Å². The van der Waals surface area contributed by atoms with E-state index in [4.69, 9.17) is 0 Å². The van der Waals surface area contributed by atoms with Gasteiger partial charge in [0.1, 0.15) is 0 Å². The molecular formula is C19H27N. The van der Waals surface area contributed by atoms with Crippen LogP contribution in [0.2, 0.25) is 0 Å². The Morgan fingerprint density at radius 2 is 1.70 bits per heavy atom.